The molecule has 1 saturated heterocycles. The fourth-order valence-electron chi connectivity index (χ4n) is 1.48. The van der Waals surface area contributed by atoms with Crippen LogP contribution in [0, 0.1) is 0 Å². The van der Waals surface area contributed by atoms with Gasteiger partial charge in [0.2, 0.25) is 0 Å². The Morgan fingerprint density at radius 1 is 1.25 bits per heavy atom. The van der Waals surface area contributed by atoms with Crippen LogP contribution in [0.3, 0.4) is 0 Å². The molecule has 1 rings (SSSR count). The number of nitrogens with zero attached hydrogens (tertiary/aromatic N) is 3. The van der Waals surface area contributed by atoms with Crippen molar-refractivity contribution in [1.82, 2.24) is 15.1 Å². The van der Waals surface area contributed by atoms with Crippen LogP contribution in [0.1, 0.15) is 6.42 Å². The molecule has 0 unspecified atom stereocenters. The average molecular weight is 170 g/mol. The van der Waals surface area contributed by atoms with Gasteiger partial charge < -0.3 is 9.80 Å². The molecule has 0 bridgehead atoms. The van der Waals surface area contributed by atoms with Crippen LogP contribution in [-0.2, 0) is 0 Å². The van der Waals surface area contributed by atoms with Crippen molar-refractivity contribution in [2.75, 3.05) is 53.4 Å². The first kappa shape index (κ1) is 9.96. The molecule has 0 saturated carbocycles. The Hall–Kier alpha value is -0.120. The quantitative estimate of drug-likeness (QED) is 0.585. The van der Waals surface area contributed by atoms with E-state index >= 15 is 0 Å². The second-order valence-corrected chi connectivity index (χ2v) is 3.67. The second-order valence-electron chi connectivity index (χ2n) is 3.67. The molecular weight excluding hydrogens is 150 g/mol. The predicted molar refractivity (Wildman–Crippen MR) is 51.5 cm³/mol. The zero-order valence-corrected chi connectivity index (χ0v) is 8.29. The summed E-state index contributed by atoms with van der Waals surface area (Å²) in [5.74, 6) is 0. The van der Waals surface area contributed by atoms with E-state index < -0.39 is 0 Å². The highest BCUT2D eigenvalue weighted by Crippen LogP contribution is 1.95. The van der Waals surface area contributed by atoms with Crippen LogP contribution in [0.15, 0.2) is 0 Å². The Balaban J connectivity index is 1.98. The maximum absolute atomic E-state index is 4.32. The van der Waals surface area contributed by atoms with Crippen molar-refractivity contribution in [2.24, 2.45) is 0 Å². The smallest absolute Gasteiger partial charge is 0.0261 e. The first-order chi connectivity index (χ1) is 5.79. The minimum Gasteiger partial charge on any atom is -0.309 e. The van der Waals surface area contributed by atoms with Crippen molar-refractivity contribution < 1.29 is 0 Å². The van der Waals surface area contributed by atoms with Crippen molar-refractivity contribution in [3.8, 4) is 0 Å². The summed E-state index contributed by atoms with van der Waals surface area (Å²) in [6.45, 7) is 6.88. The van der Waals surface area contributed by atoms with Crippen LogP contribution >= 0.6 is 0 Å². The van der Waals surface area contributed by atoms with Crippen LogP contribution in [0.2, 0.25) is 0 Å². The molecule has 0 spiro atoms. The van der Waals surface area contributed by atoms with Crippen LogP contribution in [0.5, 0.6) is 0 Å². The lowest BCUT2D eigenvalue weighted by molar-refractivity contribution is 0.226. The van der Waals surface area contributed by atoms with Crippen molar-refractivity contribution in [3.05, 3.63) is 0 Å². The van der Waals surface area contributed by atoms with Crippen molar-refractivity contribution in [3.63, 3.8) is 0 Å². The Morgan fingerprint density at radius 3 is 2.50 bits per heavy atom. The number of piperazine rings is 1. The van der Waals surface area contributed by atoms with Crippen molar-refractivity contribution in [2.45, 2.75) is 6.42 Å². The third-order valence-electron chi connectivity index (χ3n) is 2.23. The van der Waals surface area contributed by atoms with E-state index in [4.69, 9.17) is 0 Å². The van der Waals surface area contributed by atoms with Crippen molar-refractivity contribution in [1.29, 1.82) is 0 Å². The van der Waals surface area contributed by atoms with Gasteiger partial charge in [0, 0.05) is 26.2 Å². The van der Waals surface area contributed by atoms with Gasteiger partial charge in [-0.05, 0) is 33.6 Å². The SMILES string of the molecule is CN(C)CCCN1CC[N]CC1. The second kappa shape index (κ2) is 5.51. The standard InChI is InChI=1S/C9H20N3/c1-11(2)6-3-7-12-8-4-10-5-9-12/h3-9H2,1-2H3. The van der Waals surface area contributed by atoms with Crippen LogP contribution in [0.25, 0.3) is 0 Å². The highest BCUT2D eigenvalue weighted by molar-refractivity contribution is 4.67. The first-order valence-corrected chi connectivity index (χ1v) is 4.79. The maximum Gasteiger partial charge on any atom is 0.0261 e. The largest absolute Gasteiger partial charge is 0.309 e. The molecule has 0 atom stereocenters. The molecule has 71 valence electrons. The lowest BCUT2D eigenvalue weighted by Gasteiger charge is -2.26. The molecule has 0 aromatic rings. The Bertz CT molecular complexity index is 108. The van der Waals surface area contributed by atoms with Gasteiger partial charge in [-0.15, -0.1) is 0 Å². The summed E-state index contributed by atoms with van der Waals surface area (Å²) in [6.07, 6.45) is 1.28. The maximum atomic E-state index is 4.32. The monoisotopic (exact) mass is 170 g/mol. The Morgan fingerprint density at radius 2 is 1.92 bits per heavy atom. The van der Waals surface area contributed by atoms with Gasteiger partial charge in [-0.2, -0.15) is 0 Å². The minimum absolute atomic E-state index is 1.04. The third kappa shape index (κ3) is 4.04. The van der Waals surface area contributed by atoms with E-state index in [1.165, 1.54) is 32.6 Å². The van der Waals surface area contributed by atoms with Crippen LogP contribution in [0.4, 0.5) is 0 Å². The highest BCUT2D eigenvalue weighted by atomic mass is 15.2. The molecule has 3 nitrogen and oxygen atoms in total. The van der Waals surface area contributed by atoms with Gasteiger partial charge in [0.25, 0.3) is 0 Å². The van der Waals surface area contributed by atoms with E-state index in [0.29, 0.717) is 0 Å². The fourth-order valence-corrected chi connectivity index (χ4v) is 1.48. The molecule has 12 heavy (non-hydrogen) atoms. The molecule has 1 radical (unpaired) electrons. The summed E-state index contributed by atoms with van der Waals surface area (Å²) in [6, 6.07) is 0. The molecule has 1 heterocycles. The van der Waals surface area contributed by atoms with Gasteiger partial charge in [0.1, 0.15) is 0 Å². The molecule has 0 amide bonds. The first-order valence-electron chi connectivity index (χ1n) is 4.79. The van der Waals surface area contributed by atoms with Crippen LogP contribution < -0.4 is 5.32 Å². The molecule has 1 aliphatic heterocycles. The van der Waals surface area contributed by atoms with Gasteiger partial charge in [0.15, 0.2) is 0 Å². The summed E-state index contributed by atoms with van der Waals surface area (Å²) in [4.78, 5) is 4.75. The number of hydrogen-bond acceptors (Lipinski definition) is 2. The molecule has 1 fully saturated rings. The summed E-state index contributed by atoms with van der Waals surface area (Å²) >= 11 is 0. The Labute approximate surface area is 75.7 Å². The third-order valence-corrected chi connectivity index (χ3v) is 2.23. The Kier molecular flexibility index (Phi) is 4.58. The molecule has 0 aromatic heterocycles. The molecular formula is C9H20N3. The molecule has 1 aliphatic rings. The van der Waals surface area contributed by atoms with Gasteiger partial charge in [0.05, 0.1) is 0 Å². The van der Waals surface area contributed by atoms with Gasteiger partial charge in [-0.25, -0.2) is 5.32 Å². The van der Waals surface area contributed by atoms with E-state index in [9.17, 15) is 0 Å². The van der Waals surface area contributed by atoms with E-state index in [1.54, 1.807) is 0 Å². The summed E-state index contributed by atoms with van der Waals surface area (Å²) in [7, 11) is 4.26. The lowest BCUT2D eigenvalue weighted by atomic mass is 10.3. The van der Waals surface area contributed by atoms with Crippen molar-refractivity contribution >= 4 is 0 Å². The van der Waals surface area contributed by atoms with Gasteiger partial charge >= 0.3 is 0 Å². The fraction of sp³-hybridized carbons (Fsp3) is 1.00. The summed E-state index contributed by atoms with van der Waals surface area (Å²) in [5.41, 5.74) is 0. The lowest BCUT2D eigenvalue weighted by Crippen LogP contribution is -2.41. The number of hydrogen-bond donors (Lipinski definition) is 0. The van der Waals surface area contributed by atoms with E-state index in [0.717, 1.165) is 13.1 Å². The average Bonchev–Trinajstić information content (AvgIpc) is 2.05. The highest BCUT2D eigenvalue weighted by Gasteiger charge is 2.08. The predicted octanol–water partition coefficient (Wildman–Crippen LogP) is -0.142. The van der Waals surface area contributed by atoms with Crippen LogP contribution in [-0.4, -0.2) is 63.2 Å². The van der Waals surface area contributed by atoms with E-state index in [-0.39, 0.29) is 0 Å². The summed E-state index contributed by atoms with van der Waals surface area (Å²) < 4.78 is 0. The zero-order chi connectivity index (χ0) is 8.81. The van der Waals surface area contributed by atoms with E-state index in [2.05, 4.69) is 29.2 Å². The molecule has 0 N–H and O–H groups in total. The van der Waals surface area contributed by atoms with Gasteiger partial charge in [-0.1, -0.05) is 0 Å². The molecule has 0 aromatic carbocycles. The molecule has 3 heteroatoms. The normalized spacial score (nSPS) is 20.2. The number of rotatable bonds is 4. The molecule has 0 aliphatic carbocycles. The van der Waals surface area contributed by atoms with E-state index in [1.807, 2.05) is 0 Å². The zero-order valence-electron chi connectivity index (χ0n) is 8.29. The minimum atomic E-state index is 1.04. The summed E-state index contributed by atoms with van der Waals surface area (Å²) in [5, 5.41) is 4.32. The topological polar surface area (TPSA) is 20.6 Å². The van der Waals surface area contributed by atoms with Gasteiger partial charge in [-0.3, -0.25) is 0 Å².